The van der Waals surface area contributed by atoms with Crippen molar-refractivity contribution in [3.63, 3.8) is 0 Å². The summed E-state index contributed by atoms with van der Waals surface area (Å²) in [7, 11) is -2.66. The predicted octanol–water partition coefficient (Wildman–Crippen LogP) is 2.61. The fraction of sp³-hybridized carbons (Fsp3) is 0.0526. The van der Waals surface area contributed by atoms with E-state index in [-0.39, 0.29) is 16.5 Å². The van der Waals surface area contributed by atoms with Crippen molar-refractivity contribution in [2.24, 2.45) is 0 Å². The average molecular weight is 424 g/mol. The molecule has 0 spiro atoms. The van der Waals surface area contributed by atoms with Gasteiger partial charge in [0.2, 0.25) is 5.88 Å². The molecule has 0 aliphatic rings. The van der Waals surface area contributed by atoms with E-state index in [4.69, 9.17) is 4.74 Å². The van der Waals surface area contributed by atoms with Gasteiger partial charge in [0.15, 0.2) is 5.65 Å². The molecule has 0 amide bonds. The Morgan fingerprint density at radius 2 is 1.97 bits per heavy atom. The average Bonchev–Trinajstić information content (AvgIpc) is 3.16. The first-order chi connectivity index (χ1) is 14.4. The number of halogens is 1. The van der Waals surface area contributed by atoms with E-state index in [0.717, 1.165) is 24.3 Å². The van der Waals surface area contributed by atoms with Crippen LogP contribution in [0.15, 0.2) is 59.9 Å². The van der Waals surface area contributed by atoms with Crippen LogP contribution in [0.5, 0.6) is 5.88 Å². The fourth-order valence-corrected chi connectivity index (χ4v) is 3.80. The van der Waals surface area contributed by atoms with Gasteiger partial charge in [-0.05, 0) is 36.4 Å². The third-order valence-electron chi connectivity index (χ3n) is 4.20. The van der Waals surface area contributed by atoms with Gasteiger partial charge < -0.3 is 4.74 Å². The van der Waals surface area contributed by atoms with E-state index in [1.54, 1.807) is 12.3 Å². The zero-order chi connectivity index (χ0) is 21.3. The molecule has 0 saturated carbocycles. The van der Waals surface area contributed by atoms with E-state index in [1.165, 1.54) is 30.1 Å². The van der Waals surface area contributed by atoms with Crippen molar-refractivity contribution < 1.29 is 17.5 Å². The molecule has 4 aromatic rings. The van der Waals surface area contributed by atoms with Gasteiger partial charge in [0.25, 0.3) is 10.0 Å². The first kappa shape index (κ1) is 19.3. The summed E-state index contributed by atoms with van der Waals surface area (Å²) in [6, 6.07) is 9.59. The molecule has 4 rings (SSSR count). The molecule has 150 valence electrons. The lowest BCUT2D eigenvalue weighted by molar-refractivity contribution is 0.400. The fourth-order valence-electron chi connectivity index (χ4n) is 2.75. The minimum Gasteiger partial charge on any atom is -0.480 e. The van der Waals surface area contributed by atoms with Gasteiger partial charge in [-0.3, -0.25) is 4.72 Å². The molecule has 0 aliphatic heterocycles. The maximum atomic E-state index is 13.1. The number of nitrogens with one attached hydrogen (secondary N) is 1. The molecule has 0 fully saturated rings. The summed E-state index contributed by atoms with van der Waals surface area (Å²) >= 11 is 0. The van der Waals surface area contributed by atoms with Crippen molar-refractivity contribution in [3.8, 4) is 23.2 Å². The second-order valence-corrected chi connectivity index (χ2v) is 7.77. The molecule has 30 heavy (non-hydrogen) atoms. The van der Waals surface area contributed by atoms with E-state index < -0.39 is 15.8 Å². The van der Waals surface area contributed by atoms with E-state index in [2.05, 4.69) is 19.8 Å². The highest BCUT2D eigenvalue weighted by molar-refractivity contribution is 7.92. The molecule has 11 heteroatoms. The molecule has 0 saturated heterocycles. The Morgan fingerprint density at radius 1 is 1.20 bits per heavy atom. The minimum absolute atomic E-state index is 0.0487. The van der Waals surface area contributed by atoms with E-state index in [9.17, 15) is 18.1 Å². The van der Waals surface area contributed by atoms with Crippen molar-refractivity contribution in [2.75, 3.05) is 11.8 Å². The molecule has 0 aliphatic carbocycles. The van der Waals surface area contributed by atoms with Crippen LogP contribution in [0, 0.1) is 17.1 Å². The molecule has 0 radical (unpaired) electrons. The van der Waals surface area contributed by atoms with E-state index in [1.807, 2.05) is 6.07 Å². The number of nitriles is 1. The first-order valence-electron chi connectivity index (χ1n) is 8.48. The number of methoxy groups -OCH3 is 1. The highest BCUT2D eigenvalue weighted by atomic mass is 32.2. The second-order valence-electron chi connectivity index (χ2n) is 6.09. The number of nitrogens with zero attached hydrogens (tertiary/aromatic N) is 5. The summed E-state index contributed by atoms with van der Waals surface area (Å²) in [5.74, 6) is -0.499. The van der Waals surface area contributed by atoms with Crippen molar-refractivity contribution in [1.82, 2.24) is 19.6 Å². The van der Waals surface area contributed by atoms with E-state index in [0.29, 0.717) is 22.5 Å². The van der Waals surface area contributed by atoms with E-state index >= 15 is 0 Å². The Morgan fingerprint density at radius 3 is 2.67 bits per heavy atom. The first-order valence-corrected chi connectivity index (χ1v) is 9.97. The Hall–Kier alpha value is -4.04. The second kappa shape index (κ2) is 7.41. The molecule has 1 aromatic carbocycles. The van der Waals surface area contributed by atoms with Gasteiger partial charge >= 0.3 is 0 Å². The Bertz CT molecular complexity index is 1390. The largest absolute Gasteiger partial charge is 0.480 e. The number of aromatic nitrogens is 4. The Labute approximate surface area is 170 Å². The minimum atomic E-state index is -4.01. The summed E-state index contributed by atoms with van der Waals surface area (Å²) in [6.07, 6.45) is 4.50. The van der Waals surface area contributed by atoms with Gasteiger partial charge in [-0.15, -0.1) is 0 Å². The topological polar surface area (TPSA) is 122 Å². The van der Waals surface area contributed by atoms with Gasteiger partial charge in [-0.1, -0.05) is 0 Å². The van der Waals surface area contributed by atoms with Crippen LogP contribution >= 0.6 is 0 Å². The standard InChI is InChI=1S/C19H13FN6O3S/c1-29-19-17(25-30(27,28)15-4-2-14(20)3-5-15)8-12(10-22-19)16-6-7-26-18(24-16)13(9-21)11-23-26/h2-8,10-11,25H,1H3. The molecule has 3 heterocycles. The van der Waals surface area contributed by atoms with Crippen LogP contribution < -0.4 is 9.46 Å². The van der Waals surface area contributed by atoms with Crippen LogP contribution in [-0.4, -0.2) is 35.1 Å². The van der Waals surface area contributed by atoms with Crippen molar-refractivity contribution >= 4 is 21.4 Å². The maximum Gasteiger partial charge on any atom is 0.262 e. The number of rotatable bonds is 5. The summed E-state index contributed by atoms with van der Waals surface area (Å²) in [5.41, 5.74) is 1.68. The van der Waals surface area contributed by atoms with Crippen LogP contribution in [0.1, 0.15) is 5.56 Å². The number of benzene rings is 1. The summed E-state index contributed by atoms with van der Waals surface area (Å²) < 4.78 is 47.5. The lowest BCUT2D eigenvalue weighted by Crippen LogP contribution is -2.14. The molecule has 9 nitrogen and oxygen atoms in total. The van der Waals surface area contributed by atoms with Crippen molar-refractivity contribution in [1.29, 1.82) is 5.26 Å². The highest BCUT2D eigenvalue weighted by Gasteiger charge is 2.19. The SMILES string of the molecule is COc1ncc(-c2ccn3ncc(C#N)c3n2)cc1NS(=O)(=O)c1ccc(F)cc1. The van der Waals surface area contributed by atoms with Gasteiger partial charge in [-0.25, -0.2) is 27.3 Å². The van der Waals surface area contributed by atoms with Crippen LogP contribution in [-0.2, 0) is 10.0 Å². The van der Waals surface area contributed by atoms with Gasteiger partial charge in [0.1, 0.15) is 23.1 Å². The smallest absolute Gasteiger partial charge is 0.262 e. The Balaban J connectivity index is 1.76. The highest BCUT2D eigenvalue weighted by Crippen LogP contribution is 2.29. The summed E-state index contributed by atoms with van der Waals surface area (Å²) in [6.45, 7) is 0. The molecule has 0 atom stereocenters. The molecule has 0 unspecified atom stereocenters. The molecule has 0 bridgehead atoms. The maximum absolute atomic E-state index is 13.1. The quantitative estimate of drug-likeness (QED) is 0.522. The molecular weight excluding hydrogens is 411 g/mol. The molecule has 3 aromatic heterocycles. The van der Waals surface area contributed by atoms with Gasteiger partial charge in [0.05, 0.1) is 23.9 Å². The number of hydrogen-bond donors (Lipinski definition) is 1. The third-order valence-corrected chi connectivity index (χ3v) is 5.58. The number of pyridine rings is 1. The monoisotopic (exact) mass is 424 g/mol. The zero-order valence-electron chi connectivity index (χ0n) is 15.4. The molecule has 1 N–H and O–H groups in total. The van der Waals surface area contributed by atoms with Crippen LogP contribution in [0.4, 0.5) is 10.1 Å². The predicted molar refractivity (Wildman–Crippen MR) is 105 cm³/mol. The van der Waals surface area contributed by atoms with Gasteiger partial charge in [-0.2, -0.15) is 10.4 Å². The molecular formula is C19H13FN6O3S. The lowest BCUT2D eigenvalue weighted by Gasteiger charge is -2.12. The number of sulfonamides is 1. The lowest BCUT2D eigenvalue weighted by atomic mass is 10.2. The number of fused-ring (bicyclic) bond motifs is 1. The van der Waals surface area contributed by atoms with Crippen LogP contribution in [0.25, 0.3) is 16.9 Å². The normalized spacial score (nSPS) is 11.2. The number of hydrogen-bond acceptors (Lipinski definition) is 7. The third kappa shape index (κ3) is 3.51. The zero-order valence-corrected chi connectivity index (χ0v) is 16.3. The Kier molecular flexibility index (Phi) is 4.77. The summed E-state index contributed by atoms with van der Waals surface area (Å²) in [4.78, 5) is 8.44. The number of ether oxygens (including phenoxy) is 1. The number of anilines is 1. The van der Waals surface area contributed by atoms with Crippen molar-refractivity contribution in [3.05, 3.63) is 66.4 Å². The summed E-state index contributed by atoms with van der Waals surface area (Å²) in [5, 5.41) is 13.2. The van der Waals surface area contributed by atoms with Gasteiger partial charge in [0, 0.05) is 18.0 Å². The van der Waals surface area contributed by atoms with Crippen LogP contribution in [0.2, 0.25) is 0 Å². The van der Waals surface area contributed by atoms with Crippen LogP contribution in [0.3, 0.4) is 0 Å². The van der Waals surface area contributed by atoms with Crippen molar-refractivity contribution in [2.45, 2.75) is 4.90 Å².